The summed E-state index contributed by atoms with van der Waals surface area (Å²) in [6.07, 6.45) is 12.4. The van der Waals surface area contributed by atoms with E-state index < -0.39 is 10.0 Å². The first-order valence-electron chi connectivity index (χ1n) is 10.6. The van der Waals surface area contributed by atoms with Gasteiger partial charge < -0.3 is 0 Å². The fourth-order valence-corrected chi connectivity index (χ4v) is 6.06. The number of hydrogen-bond donors (Lipinski definition) is 0. The van der Waals surface area contributed by atoms with Crippen molar-refractivity contribution in [3.63, 3.8) is 0 Å². The van der Waals surface area contributed by atoms with Crippen molar-refractivity contribution in [3.8, 4) is 0 Å². The monoisotopic (exact) mass is 379 g/mol. The summed E-state index contributed by atoms with van der Waals surface area (Å²) in [5, 5.41) is 0. The van der Waals surface area contributed by atoms with Gasteiger partial charge in [-0.15, -0.1) is 0 Å². The fraction of sp³-hybridized carbons (Fsp3) is 0.727. The van der Waals surface area contributed by atoms with Crippen molar-refractivity contribution in [3.05, 3.63) is 29.8 Å². The van der Waals surface area contributed by atoms with Crippen LogP contribution in [-0.4, -0.2) is 24.8 Å². The van der Waals surface area contributed by atoms with E-state index >= 15 is 0 Å². The molecule has 0 radical (unpaired) electrons. The Morgan fingerprint density at radius 2 is 1.38 bits per heavy atom. The van der Waals surface area contributed by atoms with Gasteiger partial charge >= 0.3 is 0 Å². The maximum absolute atomic E-state index is 13.4. The molecule has 4 heteroatoms. The van der Waals surface area contributed by atoms with Crippen molar-refractivity contribution in [1.82, 2.24) is 4.31 Å². The average Bonchev–Trinajstić information content (AvgIpc) is 3.04. The number of hydrogen-bond acceptors (Lipinski definition) is 2. The topological polar surface area (TPSA) is 37.4 Å². The lowest BCUT2D eigenvalue weighted by atomic mass is 10.0. The molecule has 0 spiro atoms. The quantitative estimate of drug-likeness (QED) is 0.438. The van der Waals surface area contributed by atoms with Gasteiger partial charge in [0.25, 0.3) is 0 Å². The zero-order chi connectivity index (χ0) is 19.0. The van der Waals surface area contributed by atoms with Crippen LogP contribution in [0.25, 0.3) is 0 Å². The minimum Gasteiger partial charge on any atom is -0.207 e. The molecule has 2 atom stereocenters. The Balaban J connectivity index is 2.13. The van der Waals surface area contributed by atoms with E-state index in [1.807, 2.05) is 23.4 Å². The van der Waals surface area contributed by atoms with Crippen molar-refractivity contribution in [2.24, 2.45) is 0 Å². The fourth-order valence-electron chi connectivity index (χ4n) is 4.13. The van der Waals surface area contributed by atoms with Gasteiger partial charge in [-0.2, -0.15) is 4.31 Å². The zero-order valence-corrected chi connectivity index (χ0v) is 17.7. The lowest BCUT2D eigenvalue weighted by Gasteiger charge is -2.30. The van der Waals surface area contributed by atoms with Gasteiger partial charge in [0.2, 0.25) is 10.0 Å². The van der Waals surface area contributed by atoms with Crippen LogP contribution in [-0.2, 0) is 10.0 Å². The first-order chi connectivity index (χ1) is 12.5. The second kappa shape index (κ2) is 10.5. The Kier molecular flexibility index (Phi) is 8.62. The van der Waals surface area contributed by atoms with E-state index in [1.165, 1.54) is 25.7 Å². The molecule has 1 aliphatic rings. The summed E-state index contributed by atoms with van der Waals surface area (Å²) >= 11 is 0. The third-order valence-electron chi connectivity index (χ3n) is 5.68. The summed E-state index contributed by atoms with van der Waals surface area (Å²) in [4.78, 5) is 0.461. The molecule has 0 aliphatic carbocycles. The Morgan fingerprint density at radius 3 is 1.96 bits per heavy atom. The highest BCUT2D eigenvalue weighted by Crippen LogP contribution is 2.36. The Bertz CT molecular complexity index is 624. The molecule has 0 saturated carbocycles. The summed E-state index contributed by atoms with van der Waals surface area (Å²) in [7, 11) is -3.40. The predicted octanol–water partition coefficient (Wildman–Crippen LogP) is 6.07. The van der Waals surface area contributed by atoms with Gasteiger partial charge in [-0.25, -0.2) is 8.42 Å². The molecular formula is C22H37NO2S. The summed E-state index contributed by atoms with van der Waals surface area (Å²) in [6, 6.07) is 7.73. The molecule has 1 heterocycles. The molecule has 0 amide bonds. The van der Waals surface area contributed by atoms with Crippen molar-refractivity contribution in [2.45, 2.75) is 108 Å². The van der Waals surface area contributed by atoms with E-state index in [-0.39, 0.29) is 12.1 Å². The third kappa shape index (κ3) is 5.56. The molecule has 1 aromatic carbocycles. The van der Waals surface area contributed by atoms with Gasteiger partial charge in [0.05, 0.1) is 4.90 Å². The Hall–Kier alpha value is -0.870. The smallest absolute Gasteiger partial charge is 0.207 e. The maximum Gasteiger partial charge on any atom is 0.243 e. The molecule has 0 unspecified atom stereocenters. The molecule has 1 saturated heterocycles. The van der Waals surface area contributed by atoms with Crippen LogP contribution >= 0.6 is 0 Å². The predicted molar refractivity (Wildman–Crippen MR) is 110 cm³/mol. The minimum absolute atomic E-state index is 0.182. The standard InChI is InChI=1S/C22H37NO2S/c1-4-6-8-9-10-12-21-16-15-20(11-7-5-2)23(21)26(24,25)22-17-13-19(3)14-18-22/h13-14,17-18,20-21H,4-12,15-16H2,1-3H3/t20-,21-/m1/s1. The Morgan fingerprint density at radius 1 is 0.846 bits per heavy atom. The first kappa shape index (κ1) is 21.4. The van der Waals surface area contributed by atoms with Gasteiger partial charge in [-0.1, -0.05) is 76.5 Å². The van der Waals surface area contributed by atoms with Crippen molar-refractivity contribution < 1.29 is 8.42 Å². The molecule has 1 fully saturated rings. The molecule has 0 aromatic heterocycles. The van der Waals surface area contributed by atoms with E-state index in [1.54, 1.807) is 12.1 Å². The van der Waals surface area contributed by atoms with Crippen LogP contribution in [0.3, 0.4) is 0 Å². The van der Waals surface area contributed by atoms with Crippen LogP contribution in [0.4, 0.5) is 0 Å². The van der Waals surface area contributed by atoms with Crippen LogP contribution in [0, 0.1) is 6.92 Å². The second-order valence-electron chi connectivity index (χ2n) is 7.88. The van der Waals surface area contributed by atoms with E-state index in [0.29, 0.717) is 4.90 Å². The zero-order valence-electron chi connectivity index (χ0n) is 16.9. The summed E-state index contributed by atoms with van der Waals surface area (Å²) in [5.74, 6) is 0. The molecule has 2 rings (SSSR count). The van der Waals surface area contributed by atoms with Crippen LogP contribution in [0.5, 0.6) is 0 Å². The lowest BCUT2D eigenvalue weighted by Crippen LogP contribution is -2.41. The van der Waals surface area contributed by atoms with Gasteiger partial charge in [0.15, 0.2) is 0 Å². The highest BCUT2D eigenvalue weighted by Gasteiger charge is 2.41. The molecule has 0 bridgehead atoms. The van der Waals surface area contributed by atoms with E-state index in [9.17, 15) is 8.42 Å². The Labute approximate surface area is 161 Å². The van der Waals surface area contributed by atoms with E-state index in [2.05, 4.69) is 13.8 Å². The van der Waals surface area contributed by atoms with Crippen molar-refractivity contribution in [1.29, 1.82) is 0 Å². The number of aryl methyl sites for hydroxylation is 1. The normalized spacial score (nSPS) is 21.3. The van der Waals surface area contributed by atoms with E-state index in [0.717, 1.165) is 50.5 Å². The lowest BCUT2D eigenvalue weighted by molar-refractivity contribution is 0.290. The average molecular weight is 380 g/mol. The molecular weight excluding hydrogens is 342 g/mol. The molecule has 26 heavy (non-hydrogen) atoms. The van der Waals surface area contributed by atoms with Crippen LogP contribution in [0.2, 0.25) is 0 Å². The van der Waals surface area contributed by atoms with Crippen molar-refractivity contribution in [2.75, 3.05) is 0 Å². The second-order valence-corrected chi connectivity index (χ2v) is 9.72. The maximum atomic E-state index is 13.4. The number of sulfonamides is 1. The number of nitrogens with zero attached hydrogens (tertiary/aromatic N) is 1. The summed E-state index contributed by atoms with van der Waals surface area (Å²) < 4.78 is 28.7. The van der Waals surface area contributed by atoms with Crippen molar-refractivity contribution >= 4 is 10.0 Å². The van der Waals surface area contributed by atoms with Crippen LogP contribution in [0.15, 0.2) is 29.2 Å². The third-order valence-corrected chi connectivity index (χ3v) is 7.70. The number of rotatable bonds is 11. The largest absolute Gasteiger partial charge is 0.243 e. The van der Waals surface area contributed by atoms with Gasteiger partial charge in [0, 0.05) is 12.1 Å². The van der Waals surface area contributed by atoms with Gasteiger partial charge in [-0.3, -0.25) is 0 Å². The molecule has 1 aromatic rings. The van der Waals surface area contributed by atoms with Crippen LogP contribution in [0.1, 0.15) is 90.0 Å². The van der Waals surface area contributed by atoms with Gasteiger partial charge in [0.1, 0.15) is 0 Å². The summed E-state index contributed by atoms with van der Waals surface area (Å²) in [5.41, 5.74) is 1.10. The van der Waals surface area contributed by atoms with Gasteiger partial charge in [-0.05, 0) is 44.7 Å². The summed E-state index contributed by atoms with van der Waals surface area (Å²) in [6.45, 7) is 6.40. The molecule has 3 nitrogen and oxygen atoms in total. The molecule has 1 aliphatic heterocycles. The molecule has 148 valence electrons. The highest BCUT2D eigenvalue weighted by molar-refractivity contribution is 7.89. The molecule has 0 N–H and O–H groups in total. The SMILES string of the molecule is CCCCCCC[C@@H]1CC[C@@H](CCCC)N1S(=O)(=O)c1ccc(C)cc1. The number of benzene rings is 1. The van der Waals surface area contributed by atoms with Crippen LogP contribution < -0.4 is 0 Å². The number of unbranched alkanes of at least 4 members (excludes halogenated alkanes) is 5. The minimum atomic E-state index is -3.40. The first-order valence-corrected chi connectivity index (χ1v) is 12.0. The van der Waals surface area contributed by atoms with E-state index in [4.69, 9.17) is 0 Å². The highest BCUT2D eigenvalue weighted by atomic mass is 32.2.